The van der Waals surface area contributed by atoms with Crippen molar-refractivity contribution >= 4 is 28.2 Å². The van der Waals surface area contributed by atoms with Crippen molar-refractivity contribution in [1.82, 2.24) is 25.0 Å². The lowest BCUT2D eigenvalue weighted by atomic mass is 10.1. The van der Waals surface area contributed by atoms with Crippen molar-refractivity contribution in [2.75, 3.05) is 26.2 Å². The minimum atomic E-state index is -0.529. The number of aromatic nitrogens is 3. The average molecular weight is 456 g/mol. The Labute approximate surface area is 194 Å². The summed E-state index contributed by atoms with van der Waals surface area (Å²) < 4.78 is 13.9. The zero-order valence-electron chi connectivity index (χ0n) is 19.1. The molecule has 1 aliphatic heterocycles. The lowest BCUT2D eigenvalue weighted by Crippen LogP contribution is -2.44. The third kappa shape index (κ3) is 5.30. The van der Waals surface area contributed by atoms with E-state index in [1.807, 2.05) is 25.1 Å². The van der Waals surface area contributed by atoms with Crippen LogP contribution in [0.5, 0.6) is 0 Å². The van der Waals surface area contributed by atoms with Crippen molar-refractivity contribution in [2.24, 2.45) is 0 Å². The molecule has 1 fully saturated rings. The summed E-state index contributed by atoms with van der Waals surface area (Å²) in [5, 5.41) is 7.35. The van der Waals surface area contributed by atoms with E-state index < -0.39 is 5.95 Å². The number of nitrogens with zero attached hydrogens (tertiary/aromatic N) is 4. The third-order valence-corrected chi connectivity index (χ3v) is 5.98. The zero-order valence-corrected chi connectivity index (χ0v) is 19.8. The number of hydrogen-bond donors (Lipinski definition) is 1. The maximum Gasteiger partial charge on any atom is 0.218 e. The number of pyridine rings is 1. The number of piperazine rings is 1. The lowest BCUT2D eigenvalue weighted by molar-refractivity contribution is 0.215. The minimum Gasteiger partial charge on any atom is -0.372 e. The minimum absolute atomic E-state index is 0.295. The molecule has 0 saturated carbocycles. The van der Waals surface area contributed by atoms with Crippen molar-refractivity contribution in [3.63, 3.8) is 0 Å². The van der Waals surface area contributed by atoms with Crippen molar-refractivity contribution in [1.29, 1.82) is 0 Å². The number of unbranched alkanes of at least 4 members (excludes halogenated alkanes) is 1. The van der Waals surface area contributed by atoms with Gasteiger partial charge in [-0.3, -0.25) is 5.10 Å². The quantitative estimate of drug-likeness (QED) is 0.487. The second-order valence-electron chi connectivity index (χ2n) is 7.97. The van der Waals surface area contributed by atoms with Gasteiger partial charge in [-0.15, -0.1) is 0 Å². The summed E-state index contributed by atoms with van der Waals surface area (Å²) in [6, 6.07) is 7.55. The van der Waals surface area contributed by atoms with Gasteiger partial charge in [-0.1, -0.05) is 63.6 Å². The fraction of sp³-hybridized carbons (Fsp3) is 0.360. The van der Waals surface area contributed by atoms with Crippen LogP contribution in [0.25, 0.3) is 27.9 Å². The van der Waals surface area contributed by atoms with Crippen LogP contribution in [-0.4, -0.2) is 51.2 Å². The van der Waals surface area contributed by atoms with Gasteiger partial charge in [0, 0.05) is 43.0 Å². The molecule has 3 heterocycles. The van der Waals surface area contributed by atoms with Crippen LogP contribution in [0.4, 0.5) is 4.39 Å². The molecular weight excluding hydrogens is 425 g/mol. The fourth-order valence-corrected chi connectivity index (χ4v) is 3.76. The smallest absolute Gasteiger partial charge is 0.218 e. The standard InChI is InChI=1S/C21H21ClFN5.C4H10/c1-13(2)27-6-8-28(9-7-27)14(3)15-4-5-16-18(22)11-20(25-19(16)10-15)17-12-24-26-21(17)23;1-3-4-2/h4-5,10-12H,1,3,6-9H2,2H3,(H,24,26);3-4H2,1-2H3. The van der Waals surface area contributed by atoms with Crippen LogP contribution in [-0.2, 0) is 0 Å². The highest BCUT2D eigenvalue weighted by Crippen LogP contribution is 2.31. The molecule has 0 amide bonds. The van der Waals surface area contributed by atoms with E-state index in [0.29, 0.717) is 21.8 Å². The van der Waals surface area contributed by atoms with Crippen molar-refractivity contribution < 1.29 is 4.39 Å². The molecule has 0 spiro atoms. The van der Waals surface area contributed by atoms with Crippen LogP contribution in [0, 0.1) is 5.95 Å². The Morgan fingerprint density at radius 2 is 1.75 bits per heavy atom. The molecule has 1 aromatic carbocycles. The first-order valence-corrected chi connectivity index (χ1v) is 11.4. The van der Waals surface area contributed by atoms with Gasteiger partial charge in [0.25, 0.3) is 0 Å². The first-order valence-electron chi connectivity index (χ1n) is 11.0. The molecule has 1 aliphatic rings. The molecule has 170 valence electrons. The van der Waals surface area contributed by atoms with E-state index in [2.05, 4.69) is 52.0 Å². The maximum atomic E-state index is 13.9. The van der Waals surface area contributed by atoms with Crippen LogP contribution in [0.15, 0.2) is 49.3 Å². The maximum absolute atomic E-state index is 13.9. The molecule has 0 unspecified atom stereocenters. The fourth-order valence-electron chi connectivity index (χ4n) is 3.49. The van der Waals surface area contributed by atoms with E-state index in [1.54, 1.807) is 6.07 Å². The van der Waals surface area contributed by atoms with Gasteiger partial charge in [0.15, 0.2) is 0 Å². The molecule has 7 heteroatoms. The molecule has 4 rings (SSSR count). The number of halogens is 2. The number of aromatic amines is 1. The van der Waals surface area contributed by atoms with Crippen LogP contribution >= 0.6 is 11.6 Å². The summed E-state index contributed by atoms with van der Waals surface area (Å²) in [5.74, 6) is -0.529. The van der Waals surface area contributed by atoms with Gasteiger partial charge < -0.3 is 9.80 Å². The highest BCUT2D eigenvalue weighted by molar-refractivity contribution is 6.35. The SMILES string of the molecule is C=C(C)N1CCN(C(=C)c2ccc3c(Cl)cc(-c4cn[nH]c4F)nc3c2)CC1.CCCC. The molecule has 1 N–H and O–H groups in total. The van der Waals surface area contributed by atoms with Crippen LogP contribution in [0.3, 0.4) is 0 Å². The van der Waals surface area contributed by atoms with Gasteiger partial charge in [0.2, 0.25) is 5.95 Å². The topological polar surface area (TPSA) is 48.0 Å². The van der Waals surface area contributed by atoms with E-state index >= 15 is 0 Å². The number of H-pyrrole nitrogens is 1. The summed E-state index contributed by atoms with van der Waals surface area (Å²) in [5.41, 5.74) is 4.45. The molecule has 0 radical (unpaired) electrons. The molecule has 3 aromatic rings. The van der Waals surface area contributed by atoms with Crippen LogP contribution < -0.4 is 0 Å². The zero-order chi connectivity index (χ0) is 23.3. The third-order valence-electron chi connectivity index (χ3n) is 5.66. The summed E-state index contributed by atoms with van der Waals surface area (Å²) in [7, 11) is 0. The van der Waals surface area contributed by atoms with E-state index in [1.165, 1.54) is 19.0 Å². The Hall–Kier alpha value is -2.86. The monoisotopic (exact) mass is 455 g/mol. The Morgan fingerprint density at radius 3 is 2.31 bits per heavy atom. The number of rotatable bonds is 5. The number of hydrogen-bond acceptors (Lipinski definition) is 4. The van der Waals surface area contributed by atoms with E-state index in [-0.39, 0.29) is 0 Å². The molecule has 0 atom stereocenters. The summed E-state index contributed by atoms with van der Waals surface area (Å²) in [6.07, 6.45) is 4.05. The predicted molar refractivity (Wildman–Crippen MR) is 132 cm³/mol. The largest absolute Gasteiger partial charge is 0.372 e. The van der Waals surface area contributed by atoms with Crippen molar-refractivity contribution in [3.05, 3.63) is 65.9 Å². The molecule has 5 nitrogen and oxygen atoms in total. The predicted octanol–water partition coefficient (Wildman–Crippen LogP) is 6.35. The van der Waals surface area contributed by atoms with Gasteiger partial charge in [-0.25, -0.2) is 4.98 Å². The number of benzene rings is 1. The average Bonchev–Trinajstić information content (AvgIpc) is 3.24. The van der Waals surface area contributed by atoms with Gasteiger partial charge in [0.1, 0.15) is 0 Å². The normalized spacial score (nSPS) is 13.7. The second kappa shape index (κ2) is 10.6. The van der Waals surface area contributed by atoms with Gasteiger partial charge in [-0.2, -0.15) is 9.49 Å². The van der Waals surface area contributed by atoms with Gasteiger partial charge in [0.05, 0.1) is 28.0 Å². The van der Waals surface area contributed by atoms with Gasteiger partial charge in [-0.05, 0) is 24.6 Å². The number of allylic oxidation sites excluding steroid dienone is 1. The first kappa shape index (κ1) is 23.8. The Kier molecular flexibility index (Phi) is 7.91. The summed E-state index contributed by atoms with van der Waals surface area (Å²) in [6.45, 7) is 18.3. The Balaban J connectivity index is 0.000000668. The summed E-state index contributed by atoms with van der Waals surface area (Å²) in [4.78, 5) is 9.14. The molecule has 1 saturated heterocycles. The molecule has 2 aromatic heterocycles. The number of fused-ring (bicyclic) bond motifs is 1. The van der Waals surface area contributed by atoms with Crippen LogP contribution in [0.1, 0.15) is 39.2 Å². The van der Waals surface area contributed by atoms with E-state index in [4.69, 9.17) is 11.6 Å². The van der Waals surface area contributed by atoms with E-state index in [9.17, 15) is 4.39 Å². The Bertz CT molecular complexity index is 1100. The molecule has 32 heavy (non-hydrogen) atoms. The van der Waals surface area contributed by atoms with Gasteiger partial charge >= 0.3 is 0 Å². The second-order valence-corrected chi connectivity index (χ2v) is 8.38. The van der Waals surface area contributed by atoms with E-state index in [0.717, 1.165) is 48.5 Å². The number of nitrogens with one attached hydrogen (secondary N) is 1. The molecular formula is C25H31ClFN5. The van der Waals surface area contributed by atoms with Crippen molar-refractivity contribution in [2.45, 2.75) is 33.6 Å². The molecule has 0 aliphatic carbocycles. The first-order chi connectivity index (χ1) is 15.3. The Morgan fingerprint density at radius 1 is 1.09 bits per heavy atom. The van der Waals surface area contributed by atoms with Crippen LogP contribution in [0.2, 0.25) is 5.02 Å². The molecule has 0 bridgehead atoms. The lowest BCUT2D eigenvalue weighted by Gasteiger charge is -2.38. The highest BCUT2D eigenvalue weighted by atomic mass is 35.5. The summed E-state index contributed by atoms with van der Waals surface area (Å²) >= 11 is 6.42. The van der Waals surface area contributed by atoms with Crippen molar-refractivity contribution in [3.8, 4) is 11.3 Å². The highest BCUT2D eigenvalue weighted by Gasteiger charge is 2.19.